The number of hydrogen-bond donors (Lipinski definition) is 0. The van der Waals surface area contributed by atoms with Gasteiger partial charge in [-0.05, 0) is 90.2 Å². The molecule has 0 amide bonds. The van der Waals surface area contributed by atoms with Gasteiger partial charge in [-0.2, -0.15) is 0 Å². The predicted molar refractivity (Wildman–Crippen MR) is 118 cm³/mol. The van der Waals surface area contributed by atoms with Gasteiger partial charge >= 0.3 is 5.97 Å². The van der Waals surface area contributed by atoms with Crippen molar-refractivity contribution in [2.45, 2.75) is 26.4 Å². The number of ether oxygens (including phenoxy) is 1. The van der Waals surface area contributed by atoms with E-state index in [1.54, 1.807) is 6.92 Å². The topological polar surface area (TPSA) is 26.3 Å². The Hall–Kier alpha value is -1.31. The highest BCUT2D eigenvalue weighted by Gasteiger charge is 2.28. The smallest absolute Gasteiger partial charge is 0.324 e. The Labute approximate surface area is 178 Å². The number of esters is 1. The second-order valence-electron chi connectivity index (χ2n) is 5.58. The molecule has 0 heterocycles. The Morgan fingerprint density at radius 3 is 1.92 bits per heavy atom. The first kappa shape index (κ1) is 19.5. The highest BCUT2D eigenvalue weighted by Crippen LogP contribution is 2.32. The second-order valence-corrected chi connectivity index (χ2v) is 10.2. The summed E-state index contributed by atoms with van der Waals surface area (Å²) in [4.78, 5) is 15.1. The zero-order chi connectivity index (χ0) is 18.5. The van der Waals surface area contributed by atoms with E-state index in [-0.39, 0.29) is 21.7 Å². The summed E-state index contributed by atoms with van der Waals surface area (Å²) in [6.07, 6.45) is 0. The minimum atomic E-state index is -0.326. The summed E-state index contributed by atoms with van der Waals surface area (Å²) in [5, 5.41) is 0. The molecular formula is C21H17BrIO2S+. The monoisotopic (exact) mass is 539 g/mol. The molecule has 0 saturated carbocycles. The van der Waals surface area contributed by atoms with E-state index in [9.17, 15) is 4.79 Å². The van der Waals surface area contributed by atoms with Crippen molar-refractivity contribution in [2.24, 2.45) is 0 Å². The van der Waals surface area contributed by atoms with Crippen LogP contribution in [-0.2, 0) is 15.7 Å². The SMILES string of the molecule is CC(Br)C(=O)Oc1ccc([S+](c2ccccc2)c2ccc(I)cc2)cc1. The van der Waals surface area contributed by atoms with E-state index in [0.29, 0.717) is 5.75 Å². The van der Waals surface area contributed by atoms with E-state index < -0.39 is 0 Å². The molecule has 0 spiro atoms. The van der Waals surface area contributed by atoms with Gasteiger partial charge in [0, 0.05) is 3.57 Å². The van der Waals surface area contributed by atoms with Gasteiger partial charge in [0.25, 0.3) is 0 Å². The van der Waals surface area contributed by atoms with Gasteiger partial charge in [-0.15, -0.1) is 0 Å². The van der Waals surface area contributed by atoms with Crippen molar-refractivity contribution in [3.63, 3.8) is 0 Å². The molecule has 5 heteroatoms. The number of hydrogen-bond acceptors (Lipinski definition) is 2. The summed E-state index contributed by atoms with van der Waals surface area (Å²) in [5.41, 5.74) is 0. The van der Waals surface area contributed by atoms with Crippen molar-refractivity contribution in [3.8, 4) is 5.75 Å². The zero-order valence-corrected chi connectivity index (χ0v) is 18.6. The first-order chi connectivity index (χ1) is 12.5. The van der Waals surface area contributed by atoms with Crippen LogP contribution in [0.25, 0.3) is 0 Å². The third-order valence-corrected chi connectivity index (χ3v) is 6.95. The number of carbonyl (C=O) groups is 1. The van der Waals surface area contributed by atoms with Gasteiger partial charge in [0.1, 0.15) is 10.6 Å². The standard InChI is InChI=1S/C21H17BrIO2S/c1-15(22)21(24)25-17-9-13-20(14-10-17)26(18-5-3-2-4-6-18)19-11-7-16(23)8-12-19/h2-15H,1H3/q+1. The van der Waals surface area contributed by atoms with Crippen LogP contribution in [-0.4, -0.2) is 10.8 Å². The molecule has 3 rings (SSSR count). The summed E-state index contributed by atoms with van der Waals surface area (Å²) in [6.45, 7) is 1.75. The molecule has 2 nitrogen and oxygen atoms in total. The average Bonchev–Trinajstić information content (AvgIpc) is 2.66. The molecule has 0 aliphatic rings. The fourth-order valence-electron chi connectivity index (χ4n) is 2.38. The third kappa shape index (κ3) is 4.90. The van der Waals surface area contributed by atoms with Gasteiger partial charge in [0.2, 0.25) is 0 Å². The van der Waals surface area contributed by atoms with E-state index >= 15 is 0 Å². The van der Waals surface area contributed by atoms with E-state index in [1.165, 1.54) is 18.3 Å². The molecule has 0 saturated heterocycles. The maximum Gasteiger partial charge on any atom is 0.324 e. The molecule has 2 unspecified atom stereocenters. The van der Waals surface area contributed by atoms with Gasteiger partial charge in [0.05, 0.1) is 10.9 Å². The Bertz CT molecular complexity index is 865. The Morgan fingerprint density at radius 1 is 0.885 bits per heavy atom. The second kappa shape index (κ2) is 9.06. The van der Waals surface area contributed by atoms with Gasteiger partial charge < -0.3 is 4.74 Å². The fourth-order valence-corrected chi connectivity index (χ4v) is 4.89. The normalized spacial score (nSPS) is 13.0. The molecule has 0 aliphatic carbocycles. The van der Waals surface area contributed by atoms with Crippen LogP contribution in [0.15, 0.2) is 93.5 Å². The summed E-state index contributed by atoms with van der Waals surface area (Å²) >= 11 is 5.55. The Morgan fingerprint density at radius 2 is 1.38 bits per heavy atom. The van der Waals surface area contributed by atoms with Gasteiger partial charge in [-0.3, -0.25) is 4.79 Å². The molecule has 2 atom stereocenters. The molecule has 132 valence electrons. The lowest BCUT2D eigenvalue weighted by Crippen LogP contribution is -2.17. The van der Waals surface area contributed by atoms with Crippen LogP contribution in [0.1, 0.15) is 6.92 Å². The molecule has 0 aliphatic heterocycles. The maximum absolute atomic E-state index is 11.7. The van der Waals surface area contributed by atoms with Crippen molar-refractivity contribution in [3.05, 3.63) is 82.4 Å². The first-order valence-corrected chi connectivity index (χ1v) is 11.3. The molecular weight excluding hydrogens is 523 g/mol. The number of rotatable bonds is 5. The van der Waals surface area contributed by atoms with Gasteiger partial charge in [-0.25, -0.2) is 0 Å². The minimum absolute atomic E-state index is 0.206. The van der Waals surface area contributed by atoms with Crippen molar-refractivity contribution in [1.29, 1.82) is 0 Å². The van der Waals surface area contributed by atoms with Crippen molar-refractivity contribution in [2.75, 3.05) is 0 Å². The van der Waals surface area contributed by atoms with E-state index in [1.807, 2.05) is 30.3 Å². The first-order valence-electron chi connectivity index (χ1n) is 8.05. The van der Waals surface area contributed by atoms with Crippen molar-refractivity contribution < 1.29 is 9.53 Å². The van der Waals surface area contributed by atoms with Crippen molar-refractivity contribution >= 4 is 55.4 Å². The van der Waals surface area contributed by atoms with E-state index in [2.05, 4.69) is 87.1 Å². The van der Waals surface area contributed by atoms with Crippen LogP contribution < -0.4 is 4.74 Å². The molecule has 0 N–H and O–H groups in total. The number of halogens is 2. The predicted octanol–water partition coefficient (Wildman–Crippen LogP) is 6.08. The summed E-state index contributed by atoms with van der Waals surface area (Å²) in [7, 11) is -0.206. The largest absolute Gasteiger partial charge is 0.426 e. The Balaban J connectivity index is 1.95. The van der Waals surface area contributed by atoms with Crippen LogP contribution in [0.4, 0.5) is 0 Å². The molecule has 0 bridgehead atoms. The van der Waals surface area contributed by atoms with Crippen LogP contribution in [0, 0.1) is 3.57 Å². The number of carbonyl (C=O) groups excluding carboxylic acids is 1. The van der Waals surface area contributed by atoms with E-state index in [0.717, 1.165) is 0 Å². The van der Waals surface area contributed by atoms with Crippen LogP contribution in [0.2, 0.25) is 0 Å². The molecule has 3 aromatic carbocycles. The third-order valence-electron chi connectivity index (χ3n) is 3.63. The van der Waals surface area contributed by atoms with Gasteiger partial charge in [-0.1, -0.05) is 34.1 Å². The summed E-state index contributed by atoms with van der Waals surface area (Å²) < 4.78 is 6.57. The maximum atomic E-state index is 11.7. The summed E-state index contributed by atoms with van der Waals surface area (Å²) in [5.74, 6) is 0.265. The molecule has 3 aromatic rings. The lowest BCUT2D eigenvalue weighted by molar-refractivity contribution is -0.133. The molecule has 0 radical (unpaired) electrons. The highest BCUT2D eigenvalue weighted by molar-refractivity contribution is 14.1. The zero-order valence-electron chi connectivity index (χ0n) is 14.1. The molecule has 0 fully saturated rings. The Kier molecular flexibility index (Phi) is 6.78. The summed E-state index contributed by atoms with van der Waals surface area (Å²) in [6, 6.07) is 26.9. The number of benzene rings is 3. The lowest BCUT2D eigenvalue weighted by atomic mass is 10.3. The lowest BCUT2D eigenvalue weighted by Gasteiger charge is -2.09. The molecule has 26 heavy (non-hydrogen) atoms. The minimum Gasteiger partial charge on any atom is -0.426 e. The van der Waals surface area contributed by atoms with Crippen LogP contribution in [0.3, 0.4) is 0 Å². The van der Waals surface area contributed by atoms with Gasteiger partial charge in [0.15, 0.2) is 14.7 Å². The van der Waals surface area contributed by atoms with E-state index in [4.69, 9.17) is 4.74 Å². The average molecular weight is 540 g/mol. The van der Waals surface area contributed by atoms with Crippen molar-refractivity contribution in [1.82, 2.24) is 0 Å². The molecule has 0 aromatic heterocycles. The fraction of sp³-hybridized carbons (Fsp3) is 0.0952. The van der Waals surface area contributed by atoms with Crippen LogP contribution >= 0.6 is 38.5 Å². The number of alkyl halides is 1. The quantitative estimate of drug-likeness (QED) is 0.129. The highest BCUT2D eigenvalue weighted by atomic mass is 127. The van der Waals surface area contributed by atoms with Crippen LogP contribution in [0.5, 0.6) is 5.75 Å².